The van der Waals surface area contributed by atoms with Gasteiger partial charge in [-0.2, -0.15) is 0 Å². The second-order valence-electron chi connectivity index (χ2n) is 9.73. The number of hydrogen-bond acceptors (Lipinski definition) is 1. The van der Waals surface area contributed by atoms with E-state index in [0.29, 0.717) is 0 Å². The van der Waals surface area contributed by atoms with Gasteiger partial charge in [-0.1, -0.05) is 64.7 Å². The van der Waals surface area contributed by atoms with Crippen molar-refractivity contribution in [2.75, 3.05) is 0 Å². The SMILES string of the molecule is Cc1cnc(-c2cc(C(C)(C)C)c3ccccc3c2)cc1C[Si](C)(C)C. The summed E-state index contributed by atoms with van der Waals surface area (Å²) in [5.41, 5.74) is 6.58. The normalized spacial score (nSPS) is 12.6. The van der Waals surface area contributed by atoms with Gasteiger partial charge in [-0.3, -0.25) is 4.98 Å². The van der Waals surface area contributed by atoms with Gasteiger partial charge in [-0.25, -0.2) is 0 Å². The molecule has 0 aliphatic rings. The number of benzene rings is 2. The highest BCUT2D eigenvalue weighted by atomic mass is 28.3. The van der Waals surface area contributed by atoms with Gasteiger partial charge in [0.2, 0.25) is 0 Å². The first kappa shape index (κ1) is 18.8. The zero-order chi connectivity index (χ0) is 19.1. The summed E-state index contributed by atoms with van der Waals surface area (Å²) < 4.78 is 0. The third-order valence-electron chi connectivity index (χ3n) is 4.90. The molecule has 0 aliphatic heterocycles. The quantitative estimate of drug-likeness (QED) is 0.461. The molecule has 3 rings (SSSR count). The zero-order valence-electron chi connectivity index (χ0n) is 17.3. The molecule has 0 N–H and O–H groups in total. The molecule has 1 aromatic heterocycles. The van der Waals surface area contributed by atoms with Crippen molar-refractivity contribution in [1.82, 2.24) is 4.98 Å². The number of pyridine rings is 1. The predicted octanol–water partition coefficient (Wildman–Crippen LogP) is 6.93. The highest BCUT2D eigenvalue weighted by molar-refractivity contribution is 6.75. The number of rotatable bonds is 3. The molecule has 136 valence electrons. The Labute approximate surface area is 159 Å². The molecule has 0 saturated carbocycles. The number of hydrogen-bond donors (Lipinski definition) is 0. The van der Waals surface area contributed by atoms with E-state index in [4.69, 9.17) is 4.98 Å². The lowest BCUT2D eigenvalue weighted by Gasteiger charge is -2.23. The van der Waals surface area contributed by atoms with Crippen LogP contribution in [0.5, 0.6) is 0 Å². The van der Waals surface area contributed by atoms with Gasteiger partial charge < -0.3 is 0 Å². The first-order valence-corrected chi connectivity index (χ1v) is 13.2. The van der Waals surface area contributed by atoms with E-state index in [1.807, 2.05) is 0 Å². The van der Waals surface area contributed by atoms with Crippen molar-refractivity contribution in [2.45, 2.75) is 58.8 Å². The molecule has 1 heterocycles. The summed E-state index contributed by atoms with van der Waals surface area (Å²) in [4.78, 5) is 4.78. The summed E-state index contributed by atoms with van der Waals surface area (Å²) in [6, 6.07) is 16.9. The van der Waals surface area contributed by atoms with Gasteiger partial charge in [0, 0.05) is 19.8 Å². The van der Waals surface area contributed by atoms with Gasteiger partial charge in [0.1, 0.15) is 0 Å². The molecule has 0 saturated heterocycles. The predicted molar refractivity (Wildman–Crippen MR) is 118 cm³/mol. The highest BCUT2D eigenvalue weighted by Gasteiger charge is 2.20. The monoisotopic (exact) mass is 361 g/mol. The van der Waals surface area contributed by atoms with Crippen molar-refractivity contribution >= 4 is 18.8 Å². The van der Waals surface area contributed by atoms with Crippen molar-refractivity contribution in [2.24, 2.45) is 0 Å². The van der Waals surface area contributed by atoms with Crippen LogP contribution in [0, 0.1) is 6.92 Å². The second kappa shape index (κ2) is 6.66. The highest BCUT2D eigenvalue weighted by Crippen LogP contribution is 2.34. The largest absolute Gasteiger partial charge is 0.256 e. The van der Waals surface area contributed by atoms with Crippen LogP contribution in [0.4, 0.5) is 0 Å². The van der Waals surface area contributed by atoms with Crippen molar-refractivity contribution < 1.29 is 0 Å². The molecule has 3 aromatic rings. The summed E-state index contributed by atoms with van der Waals surface area (Å²) in [6.45, 7) is 16.3. The molecule has 0 atom stereocenters. The fraction of sp³-hybridized carbons (Fsp3) is 0.375. The number of nitrogens with zero attached hydrogens (tertiary/aromatic N) is 1. The van der Waals surface area contributed by atoms with Crippen LogP contribution in [-0.4, -0.2) is 13.1 Å². The molecule has 26 heavy (non-hydrogen) atoms. The van der Waals surface area contributed by atoms with Crippen LogP contribution in [0.3, 0.4) is 0 Å². The minimum atomic E-state index is -1.17. The molecule has 0 bridgehead atoms. The molecule has 0 radical (unpaired) electrons. The summed E-state index contributed by atoms with van der Waals surface area (Å²) in [5, 5.41) is 2.64. The van der Waals surface area contributed by atoms with Crippen molar-refractivity contribution in [3.63, 3.8) is 0 Å². The summed E-state index contributed by atoms with van der Waals surface area (Å²) in [6.07, 6.45) is 2.05. The Bertz CT molecular complexity index is 943. The summed E-state index contributed by atoms with van der Waals surface area (Å²) in [7, 11) is -1.17. The maximum Gasteiger partial charge on any atom is 0.0705 e. The van der Waals surface area contributed by atoms with E-state index >= 15 is 0 Å². The van der Waals surface area contributed by atoms with Crippen LogP contribution in [0.1, 0.15) is 37.5 Å². The van der Waals surface area contributed by atoms with Crippen LogP contribution in [-0.2, 0) is 11.5 Å². The van der Waals surface area contributed by atoms with Crippen molar-refractivity contribution in [1.29, 1.82) is 0 Å². The molecule has 0 amide bonds. The van der Waals surface area contributed by atoms with Gasteiger partial charge >= 0.3 is 0 Å². The lowest BCUT2D eigenvalue weighted by molar-refractivity contribution is 0.596. The van der Waals surface area contributed by atoms with Gasteiger partial charge in [0.25, 0.3) is 0 Å². The van der Waals surface area contributed by atoms with Gasteiger partial charge in [-0.15, -0.1) is 0 Å². The smallest absolute Gasteiger partial charge is 0.0705 e. The fourth-order valence-electron chi connectivity index (χ4n) is 3.56. The van der Waals surface area contributed by atoms with E-state index in [1.54, 1.807) is 0 Å². The van der Waals surface area contributed by atoms with Crippen LogP contribution in [0.15, 0.2) is 48.7 Å². The van der Waals surface area contributed by atoms with Gasteiger partial charge in [0.05, 0.1) is 5.69 Å². The van der Waals surface area contributed by atoms with Crippen LogP contribution < -0.4 is 0 Å². The Morgan fingerprint density at radius 2 is 1.65 bits per heavy atom. The van der Waals surface area contributed by atoms with Crippen molar-refractivity contribution in [3.05, 3.63) is 65.4 Å². The first-order chi connectivity index (χ1) is 12.0. The molecule has 2 heteroatoms. The standard InChI is InChI=1S/C24H31NSi/c1-17-15-25-23(14-20(17)16-26(5,6)7)19-12-18-10-8-9-11-21(18)22(13-19)24(2,3)4/h8-15H,16H2,1-7H3. The average Bonchev–Trinajstić information content (AvgIpc) is 2.53. The number of aromatic nitrogens is 1. The van der Waals surface area contributed by atoms with E-state index in [-0.39, 0.29) is 5.41 Å². The fourth-order valence-corrected chi connectivity index (χ4v) is 5.09. The van der Waals surface area contributed by atoms with E-state index in [1.165, 1.54) is 39.1 Å². The topological polar surface area (TPSA) is 12.9 Å². The average molecular weight is 362 g/mol. The van der Waals surface area contributed by atoms with Crippen LogP contribution in [0.25, 0.3) is 22.0 Å². The van der Waals surface area contributed by atoms with Crippen LogP contribution >= 0.6 is 0 Å². The lowest BCUT2D eigenvalue weighted by atomic mass is 9.82. The molecule has 0 aliphatic carbocycles. The molecule has 2 aromatic carbocycles. The molecule has 0 spiro atoms. The van der Waals surface area contributed by atoms with Gasteiger partial charge in [0.15, 0.2) is 0 Å². The minimum absolute atomic E-state index is 0.0987. The Morgan fingerprint density at radius 3 is 2.31 bits per heavy atom. The Balaban J connectivity index is 2.18. The van der Waals surface area contributed by atoms with E-state index in [0.717, 1.165) is 5.69 Å². The Morgan fingerprint density at radius 1 is 0.962 bits per heavy atom. The third-order valence-corrected chi connectivity index (χ3v) is 6.34. The maximum absolute atomic E-state index is 4.78. The minimum Gasteiger partial charge on any atom is -0.256 e. The van der Waals surface area contributed by atoms with Gasteiger partial charge in [-0.05, 0) is 64.0 Å². The third kappa shape index (κ3) is 4.07. The molecule has 0 fully saturated rings. The Kier molecular flexibility index (Phi) is 4.83. The molecule has 1 nitrogen and oxygen atoms in total. The van der Waals surface area contributed by atoms with E-state index < -0.39 is 8.07 Å². The maximum atomic E-state index is 4.78. The van der Waals surface area contributed by atoms with Crippen LogP contribution in [0.2, 0.25) is 19.6 Å². The molecule has 0 unspecified atom stereocenters. The van der Waals surface area contributed by atoms with Crippen molar-refractivity contribution in [3.8, 4) is 11.3 Å². The summed E-state index contributed by atoms with van der Waals surface area (Å²) >= 11 is 0. The summed E-state index contributed by atoms with van der Waals surface area (Å²) in [5.74, 6) is 0. The number of fused-ring (bicyclic) bond motifs is 1. The zero-order valence-corrected chi connectivity index (χ0v) is 18.3. The molecular weight excluding hydrogens is 330 g/mol. The lowest BCUT2D eigenvalue weighted by Crippen LogP contribution is -2.24. The van der Waals surface area contributed by atoms with E-state index in [9.17, 15) is 0 Å². The second-order valence-corrected chi connectivity index (χ2v) is 15.2. The van der Waals surface area contributed by atoms with E-state index in [2.05, 4.69) is 96.0 Å². The Hall–Kier alpha value is -1.93. The number of aryl methyl sites for hydroxylation is 1. The molecular formula is C24H31NSi. The first-order valence-electron chi connectivity index (χ1n) is 9.54.